The normalized spacial score (nSPS) is 17.8. The molecule has 24 heavy (non-hydrogen) atoms. The van der Waals surface area contributed by atoms with Gasteiger partial charge in [-0.15, -0.1) is 0 Å². The second kappa shape index (κ2) is 7.01. The van der Waals surface area contributed by atoms with Crippen molar-refractivity contribution in [2.24, 2.45) is 0 Å². The fourth-order valence-electron chi connectivity index (χ4n) is 3.03. The molecular weight excluding hydrogens is 306 g/mol. The zero-order chi connectivity index (χ0) is 17.1. The molecule has 3 rings (SSSR count). The summed E-state index contributed by atoms with van der Waals surface area (Å²) in [5, 5.41) is 0. The van der Waals surface area contributed by atoms with Crippen molar-refractivity contribution in [3.8, 4) is 0 Å². The number of Topliss-reactive ketones (excluding diaryl/α,β-unsaturated/α-hetero) is 1. The average Bonchev–Trinajstić information content (AvgIpc) is 2.94. The van der Waals surface area contributed by atoms with E-state index in [0.29, 0.717) is 36.8 Å². The fraction of sp³-hybridized carbons (Fsp3) is 0.368. The van der Waals surface area contributed by atoms with E-state index in [1.807, 2.05) is 38.1 Å². The van der Waals surface area contributed by atoms with E-state index < -0.39 is 0 Å². The summed E-state index contributed by atoms with van der Waals surface area (Å²) in [6.07, 6.45) is 0.245. The molecule has 0 aliphatic carbocycles. The molecule has 1 atom stereocenters. The van der Waals surface area contributed by atoms with Crippen molar-refractivity contribution in [1.82, 2.24) is 4.90 Å². The SMILES string of the molecule is Cc1cc(C)c(C(=O)N2CCOC[C@H]2CC(=O)c2ccccc2)o1. The number of furan rings is 1. The predicted molar refractivity (Wildman–Crippen MR) is 89.2 cm³/mol. The Morgan fingerprint density at radius 2 is 1.96 bits per heavy atom. The number of benzene rings is 1. The quantitative estimate of drug-likeness (QED) is 0.810. The highest BCUT2D eigenvalue weighted by Crippen LogP contribution is 2.21. The van der Waals surface area contributed by atoms with Gasteiger partial charge in [0, 0.05) is 24.1 Å². The van der Waals surface area contributed by atoms with Crippen molar-refractivity contribution in [3.63, 3.8) is 0 Å². The lowest BCUT2D eigenvalue weighted by atomic mass is 10.0. The van der Waals surface area contributed by atoms with Crippen molar-refractivity contribution >= 4 is 11.7 Å². The van der Waals surface area contributed by atoms with Crippen LogP contribution < -0.4 is 0 Å². The van der Waals surface area contributed by atoms with Crippen LogP contribution in [-0.2, 0) is 4.74 Å². The lowest BCUT2D eigenvalue weighted by Crippen LogP contribution is -2.49. The molecule has 2 heterocycles. The number of carbonyl (C=O) groups excluding carboxylic acids is 2. The van der Waals surface area contributed by atoms with Crippen molar-refractivity contribution in [1.29, 1.82) is 0 Å². The maximum absolute atomic E-state index is 12.8. The Labute approximate surface area is 141 Å². The molecule has 0 N–H and O–H groups in total. The van der Waals surface area contributed by atoms with E-state index in [1.165, 1.54) is 0 Å². The van der Waals surface area contributed by atoms with E-state index in [0.717, 1.165) is 5.56 Å². The molecule has 1 saturated heterocycles. The molecule has 1 aliphatic rings. The van der Waals surface area contributed by atoms with Gasteiger partial charge in [-0.05, 0) is 19.9 Å². The minimum Gasteiger partial charge on any atom is -0.456 e. The Morgan fingerprint density at radius 3 is 2.62 bits per heavy atom. The first-order valence-electron chi connectivity index (χ1n) is 8.10. The number of hydrogen-bond donors (Lipinski definition) is 0. The van der Waals surface area contributed by atoms with Crippen LogP contribution in [0.2, 0.25) is 0 Å². The van der Waals surface area contributed by atoms with Gasteiger partial charge < -0.3 is 14.1 Å². The van der Waals surface area contributed by atoms with Crippen LogP contribution in [0.3, 0.4) is 0 Å². The Morgan fingerprint density at radius 1 is 1.21 bits per heavy atom. The third kappa shape index (κ3) is 3.41. The molecule has 2 aromatic rings. The zero-order valence-electron chi connectivity index (χ0n) is 14.0. The molecule has 0 radical (unpaired) electrons. The lowest BCUT2D eigenvalue weighted by molar-refractivity contribution is -0.00441. The summed E-state index contributed by atoms with van der Waals surface area (Å²) in [4.78, 5) is 27.0. The first-order valence-corrected chi connectivity index (χ1v) is 8.10. The molecule has 1 aromatic carbocycles. The largest absolute Gasteiger partial charge is 0.456 e. The van der Waals surface area contributed by atoms with E-state index in [1.54, 1.807) is 17.0 Å². The topological polar surface area (TPSA) is 59.8 Å². The number of rotatable bonds is 4. The van der Waals surface area contributed by atoms with E-state index in [9.17, 15) is 9.59 Å². The molecule has 0 bridgehead atoms. The number of carbonyl (C=O) groups is 2. The maximum Gasteiger partial charge on any atom is 0.290 e. The smallest absolute Gasteiger partial charge is 0.290 e. The van der Waals surface area contributed by atoms with Gasteiger partial charge in [0.15, 0.2) is 11.5 Å². The number of aryl methyl sites for hydroxylation is 2. The fourth-order valence-corrected chi connectivity index (χ4v) is 3.03. The summed E-state index contributed by atoms with van der Waals surface area (Å²) < 4.78 is 11.0. The molecule has 1 fully saturated rings. The third-order valence-electron chi connectivity index (χ3n) is 4.24. The molecule has 1 amide bonds. The monoisotopic (exact) mass is 327 g/mol. The minimum atomic E-state index is -0.274. The van der Waals surface area contributed by atoms with Crippen LogP contribution in [0.15, 0.2) is 40.8 Å². The van der Waals surface area contributed by atoms with Gasteiger partial charge in [-0.1, -0.05) is 30.3 Å². The maximum atomic E-state index is 12.8. The van der Waals surface area contributed by atoms with Crippen LogP contribution in [0.1, 0.15) is 38.7 Å². The van der Waals surface area contributed by atoms with E-state index in [-0.39, 0.29) is 24.2 Å². The summed E-state index contributed by atoms with van der Waals surface area (Å²) in [7, 11) is 0. The standard InChI is InChI=1S/C19H21NO4/c1-13-10-14(2)24-18(13)19(22)20-8-9-23-12-16(20)11-17(21)15-6-4-3-5-7-15/h3-7,10,16H,8-9,11-12H2,1-2H3/t16-/m1/s1. The van der Waals surface area contributed by atoms with Crippen LogP contribution in [-0.4, -0.2) is 42.4 Å². The van der Waals surface area contributed by atoms with Crippen LogP contribution in [0, 0.1) is 13.8 Å². The molecular formula is C19H21NO4. The van der Waals surface area contributed by atoms with Gasteiger partial charge in [-0.3, -0.25) is 9.59 Å². The number of morpholine rings is 1. The van der Waals surface area contributed by atoms with Gasteiger partial charge in [0.2, 0.25) is 0 Å². The summed E-state index contributed by atoms with van der Waals surface area (Å²) >= 11 is 0. The van der Waals surface area contributed by atoms with Gasteiger partial charge in [0.25, 0.3) is 5.91 Å². The third-order valence-corrected chi connectivity index (χ3v) is 4.24. The Kier molecular flexibility index (Phi) is 4.81. The summed E-state index contributed by atoms with van der Waals surface area (Å²) in [5.74, 6) is 0.901. The lowest BCUT2D eigenvalue weighted by Gasteiger charge is -2.35. The van der Waals surface area contributed by atoms with Crippen LogP contribution in [0.4, 0.5) is 0 Å². The number of ketones is 1. The highest BCUT2D eigenvalue weighted by atomic mass is 16.5. The average molecular weight is 327 g/mol. The number of nitrogens with zero attached hydrogens (tertiary/aromatic N) is 1. The van der Waals surface area contributed by atoms with Crippen molar-refractivity contribution in [2.45, 2.75) is 26.3 Å². The first-order chi connectivity index (χ1) is 11.6. The van der Waals surface area contributed by atoms with Gasteiger partial charge in [0.05, 0.1) is 19.3 Å². The van der Waals surface area contributed by atoms with Crippen molar-refractivity contribution in [2.75, 3.05) is 19.8 Å². The van der Waals surface area contributed by atoms with Gasteiger partial charge >= 0.3 is 0 Å². The van der Waals surface area contributed by atoms with Gasteiger partial charge in [0.1, 0.15) is 5.76 Å². The molecule has 0 unspecified atom stereocenters. The number of ether oxygens (including phenoxy) is 1. The summed E-state index contributed by atoms with van der Waals surface area (Å²) in [6, 6.07) is 10.7. The number of amides is 1. The van der Waals surface area contributed by atoms with Crippen molar-refractivity contribution < 1.29 is 18.7 Å². The Hall–Kier alpha value is -2.40. The van der Waals surface area contributed by atoms with Crippen LogP contribution in [0.5, 0.6) is 0 Å². The van der Waals surface area contributed by atoms with Crippen LogP contribution in [0.25, 0.3) is 0 Å². The Balaban J connectivity index is 1.77. The zero-order valence-corrected chi connectivity index (χ0v) is 14.0. The highest BCUT2D eigenvalue weighted by Gasteiger charge is 2.32. The first kappa shape index (κ1) is 16.5. The van der Waals surface area contributed by atoms with E-state index >= 15 is 0 Å². The molecule has 5 heteroatoms. The van der Waals surface area contributed by atoms with Crippen molar-refractivity contribution in [3.05, 3.63) is 59.0 Å². The highest BCUT2D eigenvalue weighted by molar-refractivity contribution is 5.97. The van der Waals surface area contributed by atoms with Gasteiger partial charge in [-0.2, -0.15) is 0 Å². The van der Waals surface area contributed by atoms with Gasteiger partial charge in [-0.25, -0.2) is 0 Å². The second-order valence-electron chi connectivity index (χ2n) is 6.09. The van der Waals surface area contributed by atoms with Crippen LogP contribution >= 0.6 is 0 Å². The molecule has 1 aromatic heterocycles. The Bertz CT molecular complexity index is 735. The summed E-state index contributed by atoms with van der Waals surface area (Å²) in [5.41, 5.74) is 1.47. The van der Waals surface area contributed by atoms with E-state index in [2.05, 4.69) is 0 Å². The molecule has 0 spiro atoms. The molecule has 0 saturated carbocycles. The second-order valence-corrected chi connectivity index (χ2v) is 6.09. The molecule has 1 aliphatic heterocycles. The predicted octanol–water partition coefficient (Wildman–Crippen LogP) is 3.01. The number of hydrogen-bond acceptors (Lipinski definition) is 4. The molecule has 126 valence electrons. The van der Waals surface area contributed by atoms with E-state index in [4.69, 9.17) is 9.15 Å². The minimum absolute atomic E-state index is 0.0104. The summed E-state index contributed by atoms with van der Waals surface area (Å²) in [6.45, 7) is 4.97. The molecule has 5 nitrogen and oxygen atoms in total.